The molecule has 0 radical (unpaired) electrons. The number of carbonyl (C=O) groups excluding carboxylic acids is 1. The lowest BCUT2D eigenvalue weighted by Gasteiger charge is -2.40. The molecule has 6 nitrogen and oxygen atoms in total. The average molecular weight is 381 g/mol. The summed E-state index contributed by atoms with van der Waals surface area (Å²) in [5, 5.41) is 33.0. The van der Waals surface area contributed by atoms with Crippen LogP contribution in [0.5, 0.6) is 0 Å². The van der Waals surface area contributed by atoms with Gasteiger partial charge in [0, 0.05) is 18.7 Å². The van der Waals surface area contributed by atoms with Gasteiger partial charge < -0.3 is 25.4 Å². The Morgan fingerprint density at radius 2 is 1.92 bits per heavy atom. The number of ether oxygens (including phenoxy) is 1. The van der Waals surface area contributed by atoms with Gasteiger partial charge in [0.05, 0.1) is 0 Å². The standard InChI is InChI=1S/C19H27NO5S/c1-2-7-15(21)20-12-14-16(22)17(23)18(24)19(25-14)26-11-6-10-13-8-4-3-5-9-13/h3-6,8-10,14,16-19,22-24H,2,7,11-12H2,1H3,(H,20,21)/t14-,16-,17+,18+,19-/m1/s1. The van der Waals surface area contributed by atoms with Crippen LogP contribution in [-0.2, 0) is 9.53 Å². The van der Waals surface area contributed by atoms with Crippen LogP contribution >= 0.6 is 11.8 Å². The number of benzene rings is 1. The summed E-state index contributed by atoms with van der Waals surface area (Å²) in [6.07, 6.45) is 0.536. The third-order valence-corrected chi connectivity index (χ3v) is 5.22. The van der Waals surface area contributed by atoms with Crippen molar-refractivity contribution < 1.29 is 24.9 Å². The second kappa shape index (κ2) is 10.7. The van der Waals surface area contributed by atoms with Crippen LogP contribution in [0.2, 0.25) is 0 Å². The van der Waals surface area contributed by atoms with Gasteiger partial charge in [-0.3, -0.25) is 4.79 Å². The van der Waals surface area contributed by atoms with Crippen LogP contribution in [0.25, 0.3) is 6.08 Å². The summed E-state index contributed by atoms with van der Waals surface area (Å²) in [7, 11) is 0. The van der Waals surface area contributed by atoms with Crippen molar-refractivity contribution in [2.45, 2.75) is 49.6 Å². The van der Waals surface area contributed by atoms with Crippen LogP contribution in [-0.4, -0.2) is 63.4 Å². The van der Waals surface area contributed by atoms with Gasteiger partial charge >= 0.3 is 0 Å². The van der Waals surface area contributed by atoms with E-state index in [4.69, 9.17) is 4.74 Å². The molecule has 26 heavy (non-hydrogen) atoms. The highest BCUT2D eigenvalue weighted by Crippen LogP contribution is 2.28. The van der Waals surface area contributed by atoms with Crippen LogP contribution in [0.15, 0.2) is 36.4 Å². The Kier molecular flexibility index (Phi) is 8.61. The van der Waals surface area contributed by atoms with Crippen LogP contribution in [0, 0.1) is 0 Å². The van der Waals surface area contributed by atoms with Gasteiger partial charge in [0.1, 0.15) is 29.9 Å². The first kappa shape index (κ1) is 20.9. The molecule has 0 aliphatic carbocycles. The van der Waals surface area contributed by atoms with Crippen LogP contribution in [0.1, 0.15) is 25.3 Å². The Morgan fingerprint density at radius 3 is 2.62 bits per heavy atom. The molecule has 0 aromatic heterocycles. The second-order valence-electron chi connectivity index (χ2n) is 6.22. The van der Waals surface area contributed by atoms with Crippen molar-refractivity contribution >= 4 is 23.7 Å². The van der Waals surface area contributed by atoms with Crippen LogP contribution in [0.3, 0.4) is 0 Å². The molecule has 4 N–H and O–H groups in total. The van der Waals surface area contributed by atoms with E-state index in [-0.39, 0.29) is 12.5 Å². The van der Waals surface area contributed by atoms with E-state index in [1.165, 1.54) is 11.8 Å². The maximum atomic E-state index is 11.6. The predicted molar refractivity (Wildman–Crippen MR) is 103 cm³/mol. The third kappa shape index (κ3) is 6.10. The molecule has 7 heteroatoms. The highest BCUT2D eigenvalue weighted by molar-refractivity contribution is 7.99. The molecule has 5 atom stereocenters. The highest BCUT2D eigenvalue weighted by Gasteiger charge is 2.43. The Balaban J connectivity index is 1.86. The molecule has 0 saturated carbocycles. The molecule has 1 aliphatic rings. The topological polar surface area (TPSA) is 99.0 Å². The van der Waals surface area contributed by atoms with Crippen molar-refractivity contribution in [2.24, 2.45) is 0 Å². The third-order valence-electron chi connectivity index (χ3n) is 4.11. The lowest BCUT2D eigenvalue weighted by Crippen LogP contribution is -2.59. The van der Waals surface area contributed by atoms with Gasteiger partial charge in [-0.25, -0.2) is 0 Å². The Morgan fingerprint density at radius 1 is 1.19 bits per heavy atom. The monoisotopic (exact) mass is 381 g/mol. The molecule has 0 spiro atoms. The molecule has 1 heterocycles. The normalized spacial score (nSPS) is 29.0. The molecule has 1 fully saturated rings. The van der Waals surface area contributed by atoms with Gasteiger partial charge in [0.2, 0.25) is 5.91 Å². The van der Waals surface area contributed by atoms with Gasteiger partial charge in [0.15, 0.2) is 0 Å². The number of thioether (sulfide) groups is 1. The predicted octanol–water partition coefficient (Wildman–Crippen LogP) is 1.16. The van der Waals surface area contributed by atoms with Crippen molar-refractivity contribution in [1.82, 2.24) is 5.32 Å². The minimum Gasteiger partial charge on any atom is -0.388 e. The summed E-state index contributed by atoms with van der Waals surface area (Å²) in [5.74, 6) is 0.452. The van der Waals surface area contributed by atoms with E-state index in [2.05, 4.69) is 5.32 Å². The lowest BCUT2D eigenvalue weighted by molar-refractivity contribution is -0.196. The maximum absolute atomic E-state index is 11.6. The van der Waals surface area contributed by atoms with Crippen molar-refractivity contribution in [3.05, 3.63) is 42.0 Å². The Labute approximate surface area is 158 Å². The highest BCUT2D eigenvalue weighted by atomic mass is 32.2. The number of aliphatic hydroxyl groups is 3. The first-order valence-corrected chi connectivity index (χ1v) is 9.87. The summed E-state index contributed by atoms with van der Waals surface area (Å²) in [4.78, 5) is 11.6. The molecule has 144 valence electrons. The average Bonchev–Trinajstić information content (AvgIpc) is 2.65. The van der Waals surface area contributed by atoms with E-state index < -0.39 is 29.9 Å². The van der Waals surface area contributed by atoms with Gasteiger partial charge in [-0.05, 0) is 12.0 Å². The van der Waals surface area contributed by atoms with Gasteiger partial charge in [-0.2, -0.15) is 0 Å². The van der Waals surface area contributed by atoms with E-state index in [0.717, 1.165) is 12.0 Å². The molecular weight excluding hydrogens is 354 g/mol. The number of rotatable bonds is 8. The van der Waals surface area contributed by atoms with Crippen LogP contribution in [0.4, 0.5) is 0 Å². The van der Waals surface area contributed by atoms with Crippen molar-refractivity contribution in [3.63, 3.8) is 0 Å². The summed E-state index contributed by atoms with van der Waals surface area (Å²) in [5.41, 5.74) is 0.395. The number of hydrogen-bond acceptors (Lipinski definition) is 6. The zero-order valence-electron chi connectivity index (χ0n) is 14.8. The number of carbonyl (C=O) groups is 1. The number of nitrogens with one attached hydrogen (secondary N) is 1. The molecule has 1 saturated heterocycles. The Bertz CT molecular complexity index is 583. The summed E-state index contributed by atoms with van der Waals surface area (Å²) in [6, 6.07) is 9.83. The fourth-order valence-electron chi connectivity index (χ4n) is 2.65. The van der Waals surface area contributed by atoms with Crippen molar-refractivity contribution in [1.29, 1.82) is 0 Å². The summed E-state index contributed by atoms with van der Waals surface area (Å²) < 4.78 is 5.72. The van der Waals surface area contributed by atoms with Gasteiger partial charge in [-0.15, -0.1) is 11.8 Å². The molecule has 1 aromatic carbocycles. The zero-order chi connectivity index (χ0) is 18.9. The molecule has 1 aliphatic heterocycles. The van der Waals surface area contributed by atoms with E-state index in [1.807, 2.05) is 49.4 Å². The molecule has 1 aromatic rings. The Hall–Kier alpha value is -1.38. The first-order chi connectivity index (χ1) is 12.5. The van der Waals surface area contributed by atoms with E-state index in [1.54, 1.807) is 0 Å². The molecule has 0 unspecified atom stereocenters. The quantitative estimate of drug-likeness (QED) is 0.539. The first-order valence-electron chi connectivity index (χ1n) is 8.82. The molecule has 0 bridgehead atoms. The fourth-order valence-corrected chi connectivity index (χ4v) is 3.63. The van der Waals surface area contributed by atoms with E-state index in [9.17, 15) is 20.1 Å². The fraction of sp³-hybridized carbons (Fsp3) is 0.526. The number of aliphatic hydroxyl groups excluding tert-OH is 3. The number of hydrogen-bond donors (Lipinski definition) is 4. The largest absolute Gasteiger partial charge is 0.388 e. The van der Waals surface area contributed by atoms with Crippen LogP contribution < -0.4 is 5.32 Å². The van der Waals surface area contributed by atoms with Gasteiger partial charge in [-0.1, -0.05) is 49.4 Å². The van der Waals surface area contributed by atoms with Crippen molar-refractivity contribution in [2.75, 3.05) is 12.3 Å². The maximum Gasteiger partial charge on any atom is 0.220 e. The minimum atomic E-state index is -1.31. The molecule has 2 rings (SSSR count). The zero-order valence-corrected chi connectivity index (χ0v) is 15.6. The molecular formula is C19H27NO5S. The summed E-state index contributed by atoms with van der Waals surface area (Å²) >= 11 is 1.34. The minimum absolute atomic E-state index is 0.0979. The van der Waals surface area contributed by atoms with Gasteiger partial charge in [0.25, 0.3) is 0 Å². The molecule has 1 amide bonds. The smallest absolute Gasteiger partial charge is 0.220 e. The van der Waals surface area contributed by atoms with E-state index >= 15 is 0 Å². The SMILES string of the molecule is CCCC(=O)NC[C@H]1O[C@H](SCC=Cc2ccccc2)[C@@H](O)[C@@H](O)[C@@H]1O. The summed E-state index contributed by atoms with van der Waals surface area (Å²) in [6.45, 7) is 2.00. The lowest BCUT2D eigenvalue weighted by atomic mass is 10.00. The van der Waals surface area contributed by atoms with E-state index in [0.29, 0.717) is 12.2 Å². The van der Waals surface area contributed by atoms with Crippen molar-refractivity contribution in [3.8, 4) is 0 Å². The second-order valence-corrected chi connectivity index (χ2v) is 7.35. The number of amides is 1.